The lowest BCUT2D eigenvalue weighted by molar-refractivity contribution is 0.602. The minimum absolute atomic E-state index is 0.325. The van der Waals surface area contributed by atoms with Gasteiger partial charge in [-0.1, -0.05) is 35.9 Å². The van der Waals surface area contributed by atoms with Gasteiger partial charge in [0.05, 0.1) is 10.6 Å². The molecule has 118 valence electrons. The number of thiazole rings is 1. The smallest absolute Gasteiger partial charge is 0.175 e. The molecule has 0 saturated carbocycles. The molecular weight excluding hydrogens is 326 g/mol. The first-order valence-electron chi connectivity index (χ1n) is 7.18. The average molecular weight is 343 g/mol. The summed E-state index contributed by atoms with van der Waals surface area (Å²) in [4.78, 5) is 5.03. The Morgan fingerprint density at radius 2 is 1.70 bits per heavy atom. The lowest BCUT2D eigenvalue weighted by atomic mass is 10.1. The van der Waals surface area contributed by atoms with Crippen LogP contribution >= 0.6 is 11.3 Å². The number of nitrogens with zero attached hydrogens (tertiary/aromatic N) is 1. The first-order chi connectivity index (χ1) is 10.8. The van der Waals surface area contributed by atoms with Gasteiger partial charge in [0.25, 0.3) is 0 Å². The van der Waals surface area contributed by atoms with E-state index in [2.05, 4.69) is 32.0 Å². The molecule has 1 aromatic heterocycles. The lowest BCUT2D eigenvalue weighted by Crippen LogP contribution is -1.96. The van der Waals surface area contributed by atoms with Crippen LogP contribution in [0.1, 0.15) is 11.1 Å². The fraction of sp³-hybridized carbons (Fsp3) is 0.167. The Morgan fingerprint density at radius 1 is 1.00 bits per heavy atom. The molecule has 0 spiro atoms. The highest BCUT2D eigenvalue weighted by atomic mass is 32.2. The van der Waals surface area contributed by atoms with Crippen molar-refractivity contribution in [2.75, 3.05) is 6.26 Å². The van der Waals surface area contributed by atoms with Crippen molar-refractivity contribution in [3.63, 3.8) is 0 Å². The second kappa shape index (κ2) is 5.91. The van der Waals surface area contributed by atoms with Gasteiger partial charge in [-0.25, -0.2) is 13.4 Å². The molecule has 0 amide bonds. The molecule has 0 saturated heterocycles. The van der Waals surface area contributed by atoms with Crippen molar-refractivity contribution < 1.29 is 8.42 Å². The minimum Gasteiger partial charge on any atom is -0.236 e. The monoisotopic (exact) mass is 343 g/mol. The number of benzene rings is 2. The van der Waals surface area contributed by atoms with E-state index in [0.29, 0.717) is 4.90 Å². The van der Waals surface area contributed by atoms with Crippen molar-refractivity contribution in [2.45, 2.75) is 18.7 Å². The highest BCUT2D eigenvalue weighted by Crippen LogP contribution is 2.31. The Kier molecular flexibility index (Phi) is 4.08. The van der Waals surface area contributed by atoms with Gasteiger partial charge < -0.3 is 0 Å². The molecule has 0 bridgehead atoms. The van der Waals surface area contributed by atoms with E-state index in [9.17, 15) is 8.42 Å². The quantitative estimate of drug-likeness (QED) is 0.703. The topological polar surface area (TPSA) is 47.0 Å². The van der Waals surface area contributed by atoms with Crippen molar-refractivity contribution in [3.05, 3.63) is 59.0 Å². The molecule has 0 radical (unpaired) electrons. The molecule has 0 aliphatic carbocycles. The molecule has 3 rings (SSSR count). The summed E-state index contributed by atoms with van der Waals surface area (Å²) in [5, 5.41) is 2.98. The molecule has 0 N–H and O–H groups in total. The van der Waals surface area contributed by atoms with E-state index in [0.717, 1.165) is 21.8 Å². The maximum atomic E-state index is 11.5. The van der Waals surface area contributed by atoms with E-state index in [4.69, 9.17) is 4.98 Å². The van der Waals surface area contributed by atoms with Crippen LogP contribution in [0, 0.1) is 13.8 Å². The number of sulfone groups is 1. The zero-order valence-corrected chi connectivity index (χ0v) is 14.8. The molecule has 5 heteroatoms. The van der Waals surface area contributed by atoms with Crippen LogP contribution in [0.25, 0.3) is 21.8 Å². The van der Waals surface area contributed by atoms with Gasteiger partial charge in [-0.2, -0.15) is 0 Å². The van der Waals surface area contributed by atoms with Crippen molar-refractivity contribution in [3.8, 4) is 21.8 Å². The first-order valence-corrected chi connectivity index (χ1v) is 9.95. The molecule has 0 aliphatic heterocycles. The average Bonchev–Trinajstić information content (AvgIpc) is 2.96. The van der Waals surface area contributed by atoms with Crippen LogP contribution in [0.15, 0.2) is 52.7 Å². The largest absolute Gasteiger partial charge is 0.236 e. The highest BCUT2D eigenvalue weighted by Gasteiger charge is 2.11. The zero-order chi connectivity index (χ0) is 16.6. The summed E-state index contributed by atoms with van der Waals surface area (Å²) in [6.07, 6.45) is 1.21. The first kappa shape index (κ1) is 15.9. The number of rotatable bonds is 3. The molecule has 0 atom stereocenters. The Labute approximate surface area is 140 Å². The van der Waals surface area contributed by atoms with Crippen LogP contribution in [0.4, 0.5) is 0 Å². The molecule has 23 heavy (non-hydrogen) atoms. The SMILES string of the molecule is Cc1ccc(-c2nc(-c3ccc(S(C)(=O)=O)cc3)cs2)c(C)c1. The predicted molar refractivity (Wildman–Crippen MR) is 95.6 cm³/mol. The van der Waals surface area contributed by atoms with Gasteiger partial charge >= 0.3 is 0 Å². The number of aromatic nitrogens is 1. The summed E-state index contributed by atoms with van der Waals surface area (Å²) < 4.78 is 23.0. The molecule has 0 unspecified atom stereocenters. The maximum absolute atomic E-state index is 11.5. The van der Waals surface area contributed by atoms with Crippen LogP contribution in [0.2, 0.25) is 0 Å². The second-order valence-corrected chi connectivity index (χ2v) is 8.53. The predicted octanol–water partition coefficient (Wildman–Crippen LogP) is 4.50. The van der Waals surface area contributed by atoms with Gasteiger partial charge in [-0.05, 0) is 31.5 Å². The fourth-order valence-electron chi connectivity index (χ4n) is 2.46. The third-order valence-corrected chi connectivity index (χ3v) is 5.70. The van der Waals surface area contributed by atoms with Crippen LogP contribution < -0.4 is 0 Å². The molecule has 0 fully saturated rings. The number of aryl methyl sites for hydroxylation is 2. The van der Waals surface area contributed by atoms with Gasteiger partial charge in [0.2, 0.25) is 0 Å². The second-order valence-electron chi connectivity index (χ2n) is 5.65. The lowest BCUT2D eigenvalue weighted by Gasteiger charge is -2.03. The van der Waals surface area contributed by atoms with Crippen molar-refractivity contribution in [1.82, 2.24) is 4.98 Å². The van der Waals surface area contributed by atoms with Crippen LogP contribution in [-0.4, -0.2) is 19.7 Å². The summed E-state index contributed by atoms with van der Waals surface area (Å²) in [6.45, 7) is 4.16. The van der Waals surface area contributed by atoms with E-state index in [-0.39, 0.29) is 0 Å². The van der Waals surface area contributed by atoms with Gasteiger partial charge in [0, 0.05) is 22.8 Å². The Bertz CT molecular complexity index is 955. The minimum atomic E-state index is -3.17. The molecule has 1 heterocycles. The summed E-state index contributed by atoms with van der Waals surface area (Å²) in [5.41, 5.74) is 5.37. The fourth-order valence-corrected chi connectivity index (χ4v) is 4.01. The summed E-state index contributed by atoms with van der Waals surface area (Å²) in [7, 11) is -3.17. The summed E-state index contributed by atoms with van der Waals surface area (Å²) in [6, 6.07) is 13.2. The van der Waals surface area contributed by atoms with Crippen molar-refractivity contribution in [1.29, 1.82) is 0 Å². The highest BCUT2D eigenvalue weighted by molar-refractivity contribution is 7.90. The van der Waals surface area contributed by atoms with E-state index >= 15 is 0 Å². The van der Waals surface area contributed by atoms with Gasteiger partial charge in [-0.15, -0.1) is 11.3 Å². The third-order valence-electron chi connectivity index (χ3n) is 3.69. The Balaban J connectivity index is 1.96. The van der Waals surface area contributed by atoms with Crippen molar-refractivity contribution in [2.24, 2.45) is 0 Å². The van der Waals surface area contributed by atoms with Gasteiger partial charge in [-0.3, -0.25) is 0 Å². The molecule has 3 aromatic rings. The summed E-state index contributed by atoms with van der Waals surface area (Å²) in [5.74, 6) is 0. The van der Waals surface area contributed by atoms with Crippen LogP contribution in [-0.2, 0) is 9.84 Å². The van der Waals surface area contributed by atoms with Gasteiger partial charge in [0.1, 0.15) is 5.01 Å². The summed E-state index contributed by atoms with van der Waals surface area (Å²) >= 11 is 1.60. The Hall–Kier alpha value is -1.98. The van der Waals surface area contributed by atoms with Crippen LogP contribution in [0.3, 0.4) is 0 Å². The van der Waals surface area contributed by atoms with E-state index in [1.807, 2.05) is 5.38 Å². The van der Waals surface area contributed by atoms with E-state index < -0.39 is 9.84 Å². The molecular formula is C18H17NO2S2. The maximum Gasteiger partial charge on any atom is 0.175 e. The number of hydrogen-bond acceptors (Lipinski definition) is 4. The standard InChI is InChI=1S/C18H17NO2S2/c1-12-4-9-16(13(2)10-12)18-19-17(11-22-18)14-5-7-15(8-6-14)23(3,20)21/h4-11H,1-3H3. The van der Waals surface area contributed by atoms with Gasteiger partial charge in [0.15, 0.2) is 9.84 Å². The van der Waals surface area contributed by atoms with Crippen LogP contribution in [0.5, 0.6) is 0 Å². The number of hydrogen-bond donors (Lipinski definition) is 0. The zero-order valence-electron chi connectivity index (χ0n) is 13.2. The van der Waals surface area contributed by atoms with E-state index in [1.165, 1.54) is 17.4 Å². The molecule has 3 nitrogen and oxygen atoms in total. The van der Waals surface area contributed by atoms with E-state index in [1.54, 1.807) is 35.6 Å². The molecule has 2 aromatic carbocycles. The van der Waals surface area contributed by atoms with Crippen molar-refractivity contribution >= 4 is 21.2 Å². The molecule has 0 aliphatic rings. The normalized spacial score (nSPS) is 11.6. The third kappa shape index (κ3) is 3.35. The Morgan fingerprint density at radius 3 is 2.30 bits per heavy atom.